The summed E-state index contributed by atoms with van der Waals surface area (Å²) in [4.78, 5) is 1.64. The first-order chi connectivity index (χ1) is 7.49. The van der Waals surface area contributed by atoms with Crippen LogP contribution in [0.5, 0.6) is 0 Å². The molecule has 1 saturated carbocycles. The van der Waals surface area contributed by atoms with E-state index in [1.54, 1.807) is 4.90 Å². The predicted octanol–water partition coefficient (Wildman–Crippen LogP) is 2.16. The molecule has 1 aliphatic carbocycles. The molecule has 0 radical (unpaired) electrons. The molecule has 1 aliphatic heterocycles. The summed E-state index contributed by atoms with van der Waals surface area (Å²) >= 11 is 0. The molecule has 0 aromatic carbocycles. The van der Waals surface area contributed by atoms with E-state index in [1.165, 1.54) is 0 Å². The van der Waals surface area contributed by atoms with E-state index < -0.39 is 11.7 Å². The fourth-order valence-electron chi connectivity index (χ4n) is 2.56. The number of nitrogens with zero attached hydrogens (tertiary/aromatic N) is 1. The largest absolute Gasteiger partial charge is 0.406 e. The minimum atomic E-state index is -4.05. The molecule has 2 rings (SSSR count). The van der Waals surface area contributed by atoms with Crippen LogP contribution in [0.25, 0.3) is 0 Å². The van der Waals surface area contributed by atoms with Gasteiger partial charge in [-0.2, -0.15) is 13.2 Å². The third-order valence-corrected chi connectivity index (χ3v) is 3.73. The SMILES string of the molecule is CCCNC1CCN(C2(C(F)(F)F)CC2)C1. The number of likely N-dealkylation sites (tertiary alicyclic amines) is 1. The van der Waals surface area contributed by atoms with E-state index in [4.69, 9.17) is 0 Å². The van der Waals surface area contributed by atoms with Gasteiger partial charge in [-0.1, -0.05) is 6.92 Å². The van der Waals surface area contributed by atoms with Gasteiger partial charge >= 0.3 is 6.18 Å². The summed E-state index contributed by atoms with van der Waals surface area (Å²) in [6, 6.07) is 0.250. The highest BCUT2D eigenvalue weighted by molar-refractivity contribution is 5.11. The molecule has 2 aliphatic rings. The molecule has 1 unspecified atom stereocenters. The number of nitrogens with one attached hydrogen (secondary N) is 1. The van der Waals surface area contributed by atoms with Crippen molar-refractivity contribution in [1.82, 2.24) is 10.2 Å². The molecule has 5 heteroatoms. The number of halogens is 3. The molecule has 1 saturated heterocycles. The van der Waals surface area contributed by atoms with Crippen LogP contribution >= 0.6 is 0 Å². The fraction of sp³-hybridized carbons (Fsp3) is 1.00. The molecule has 0 aromatic rings. The maximum Gasteiger partial charge on any atom is 0.406 e. The van der Waals surface area contributed by atoms with Crippen molar-refractivity contribution >= 4 is 0 Å². The zero-order valence-corrected chi connectivity index (χ0v) is 9.61. The average Bonchev–Trinajstić information content (AvgIpc) is 2.90. The molecule has 0 amide bonds. The summed E-state index contributed by atoms with van der Waals surface area (Å²) in [5.74, 6) is 0. The zero-order chi connectivity index (χ0) is 11.8. The van der Waals surface area contributed by atoms with Crippen LogP contribution in [0.1, 0.15) is 32.6 Å². The molecule has 0 spiro atoms. The van der Waals surface area contributed by atoms with Gasteiger partial charge < -0.3 is 5.32 Å². The lowest BCUT2D eigenvalue weighted by atomic mass is 10.2. The van der Waals surface area contributed by atoms with Gasteiger partial charge in [-0.3, -0.25) is 4.90 Å². The average molecular weight is 236 g/mol. The monoisotopic (exact) mass is 236 g/mol. The molecule has 2 fully saturated rings. The Bertz CT molecular complexity index is 248. The Kier molecular flexibility index (Phi) is 3.18. The normalized spacial score (nSPS) is 29.6. The van der Waals surface area contributed by atoms with Gasteiger partial charge in [-0.25, -0.2) is 0 Å². The van der Waals surface area contributed by atoms with Crippen molar-refractivity contribution in [3.05, 3.63) is 0 Å². The quantitative estimate of drug-likeness (QED) is 0.804. The Morgan fingerprint density at radius 3 is 2.56 bits per heavy atom. The molecule has 1 heterocycles. The molecular weight excluding hydrogens is 217 g/mol. The lowest BCUT2D eigenvalue weighted by molar-refractivity contribution is -0.193. The first-order valence-electron chi connectivity index (χ1n) is 6.05. The third-order valence-electron chi connectivity index (χ3n) is 3.73. The van der Waals surface area contributed by atoms with Crippen molar-refractivity contribution in [2.45, 2.75) is 50.4 Å². The summed E-state index contributed by atoms with van der Waals surface area (Å²) in [5, 5.41) is 3.30. The second-order valence-corrected chi connectivity index (χ2v) is 4.92. The summed E-state index contributed by atoms with van der Waals surface area (Å²) in [6.45, 7) is 4.11. The minimum absolute atomic E-state index is 0.250. The summed E-state index contributed by atoms with van der Waals surface area (Å²) in [5.41, 5.74) is -1.46. The van der Waals surface area contributed by atoms with E-state index >= 15 is 0 Å². The highest BCUT2D eigenvalue weighted by Crippen LogP contribution is 2.54. The molecule has 1 N–H and O–H groups in total. The van der Waals surface area contributed by atoms with Gasteiger partial charge in [0.15, 0.2) is 0 Å². The molecule has 1 atom stereocenters. The van der Waals surface area contributed by atoms with Gasteiger partial charge in [0, 0.05) is 19.1 Å². The van der Waals surface area contributed by atoms with Gasteiger partial charge in [0.2, 0.25) is 0 Å². The molecule has 0 bridgehead atoms. The van der Waals surface area contributed by atoms with E-state index in [0.29, 0.717) is 13.1 Å². The number of rotatable bonds is 4. The second kappa shape index (κ2) is 4.18. The van der Waals surface area contributed by atoms with Crippen LogP contribution in [0.4, 0.5) is 13.2 Å². The van der Waals surface area contributed by atoms with Crippen LogP contribution in [0.15, 0.2) is 0 Å². The lowest BCUT2D eigenvalue weighted by Crippen LogP contribution is -2.48. The molecule has 2 nitrogen and oxygen atoms in total. The Morgan fingerprint density at radius 2 is 2.06 bits per heavy atom. The van der Waals surface area contributed by atoms with Crippen molar-refractivity contribution in [1.29, 1.82) is 0 Å². The maximum absolute atomic E-state index is 12.9. The Balaban J connectivity index is 1.89. The molecule has 94 valence electrons. The van der Waals surface area contributed by atoms with Crippen molar-refractivity contribution in [2.24, 2.45) is 0 Å². The smallest absolute Gasteiger partial charge is 0.313 e. The van der Waals surface area contributed by atoms with Gasteiger partial charge in [0.25, 0.3) is 0 Å². The van der Waals surface area contributed by atoms with Crippen LogP contribution in [-0.2, 0) is 0 Å². The number of hydrogen-bond donors (Lipinski definition) is 1. The first kappa shape index (κ1) is 12.2. The Labute approximate surface area is 94.2 Å². The van der Waals surface area contributed by atoms with Gasteiger partial charge in [0.1, 0.15) is 5.54 Å². The Hall–Kier alpha value is -0.290. The van der Waals surface area contributed by atoms with Crippen LogP contribution in [0.2, 0.25) is 0 Å². The van der Waals surface area contributed by atoms with Crippen molar-refractivity contribution in [3.63, 3.8) is 0 Å². The summed E-state index contributed by atoms with van der Waals surface area (Å²) in [6.07, 6.45) is -1.60. The highest BCUT2D eigenvalue weighted by atomic mass is 19.4. The van der Waals surface area contributed by atoms with E-state index in [2.05, 4.69) is 12.2 Å². The molecule has 16 heavy (non-hydrogen) atoms. The van der Waals surface area contributed by atoms with E-state index in [-0.39, 0.29) is 18.9 Å². The lowest BCUT2D eigenvalue weighted by Gasteiger charge is -2.29. The van der Waals surface area contributed by atoms with Crippen molar-refractivity contribution in [3.8, 4) is 0 Å². The van der Waals surface area contributed by atoms with Crippen LogP contribution < -0.4 is 5.32 Å². The number of hydrogen-bond acceptors (Lipinski definition) is 2. The highest BCUT2D eigenvalue weighted by Gasteiger charge is 2.67. The maximum atomic E-state index is 12.9. The van der Waals surface area contributed by atoms with Gasteiger partial charge in [-0.05, 0) is 32.2 Å². The predicted molar refractivity (Wildman–Crippen MR) is 56.3 cm³/mol. The van der Waals surface area contributed by atoms with E-state index in [0.717, 1.165) is 19.4 Å². The van der Waals surface area contributed by atoms with Gasteiger partial charge in [0.05, 0.1) is 0 Å². The van der Waals surface area contributed by atoms with Crippen LogP contribution in [0.3, 0.4) is 0 Å². The van der Waals surface area contributed by atoms with Crippen molar-refractivity contribution < 1.29 is 13.2 Å². The minimum Gasteiger partial charge on any atom is -0.313 e. The van der Waals surface area contributed by atoms with E-state index in [9.17, 15) is 13.2 Å². The third kappa shape index (κ3) is 2.07. The standard InChI is InChI=1S/C11H19F3N2/c1-2-6-15-9-3-7-16(8-9)10(4-5-10)11(12,13)14/h9,15H,2-8H2,1H3. The zero-order valence-electron chi connectivity index (χ0n) is 9.61. The Morgan fingerprint density at radius 1 is 1.38 bits per heavy atom. The van der Waals surface area contributed by atoms with Crippen LogP contribution in [-0.4, -0.2) is 42.3 Å². The summed E-state index contributed by atoms with van der Waals surface area (Å²) < 4.78 is 38.6. The van der Waals surface area contributed by atoms with Crippen LogP contribution in [0, 0.1) is 0 Å². The fourth-order valence-corrected chi connectivity index (χ4v) is 2.56. The summed E-state index contributed by atoms with van der Waals surface area (Å²) in [7, 11) is 0. The number of alkyl halides is 3. The van der Waals surface area contributed by atoms with E-state index in [1.807, 2.05) is 0 Å². The molecule has 0 aromatic heterocycles. The topological polar surface area (TPSA) is 15.3 Å². The van der Waals surface area contributed by atoms with Gasteiger partial charge in [-0.15, -0.1) is 0 Å². The second-order valence-electron chi connectivity index (χ2n) is 4.92. The molecular formula is C11H19F3N2. The first-order valence-corrected chi connectivity index (χ1v) is 6.05. The van der Waals surface area contributed by atoms with Crippen molar-refractivity contribution in [2.75, 3.05) is 19.6 Å².